The molecule has 3 atom stereocenters. The molecule has 0 aliphatic carbocycles. The number of aliphatic carboxylic acids is 1. The zero-order valence-corrected chi connectivity index (χ0v) is 12.5. The molecule has 4 N–H and O–H groups in total. The van der Waals surface area contributed by atoms with Crippen LogP contribution in [-0.2, 0) is 9.59 Å². The molecule has 0 spiro atoms. The summed E-state index contributed by atoms with van der Waals surface area (Å²) in [7, 11) is 0. The highest BCUT2D eigenvalue weighted by atomic mass is 16.4. The Hall–Kier alpha value is -1.10. The van der Waals surface area contributed by atoms with Crippen LogP contribution in [0.3, 0.4) is 0 Å². The molecule has 0 fully saturated rings. The van der Waals surface area contributed by atoms with Gasteiger partial charge in [0.25, 0.3) is 0 Å². The first-order chi connectivity index (χ1) is 8.75. The molecule has 0 aromatic heterocycles. The molecule has 0 rings (SSSR count). The minimum atomic E-state index is -0.861. The number of carbonyl (C=O) groups is 2. The van der Waals surface area contributed by atoms with Gasteiger partial charge in [0, 0.05) is 18.5 Å². The Bertz CT molecular complexity index is 290. The first-order valence-electron chi connectivity index (χ1n) is 7.01. The van der Waals surface area contributed by atoms with Crippen LogP contribution in [0.1, 0.15) is 47.0 Å². The second-order valence-corrected chi connectivity index (χ2v) is 5.74. The lowest BCUT2D eigenvalue weighted by molar-refractivity contribution is -0.143. The lowest BCUT2D eigenvalue weighted by Gasteiger charge is -2.18. The molecule has 0 radical (unpaired) electrons. The van der Waals surface area contributed by atoms with Gasteiger partial charge in [-0.25, -0.2) is 0 Å². The fraction of sp³-hybridized carbons (Fsp3) is 0.857. The van der Waals surface area contributed by atoms with Crippen LogP contribution in [0.4, 0.5) is 0 Å². The SMILES string of the molecule is CC(N)CCCC(C)C(=O)NCC(C(=O)O)C(C)C. The lowest BCUT2D eigenvalue weighted by Crippen LogP contribution is -2.38. The van der Waals surface area contributed by atoms with E-state index in [-0.39, 0.29) is 30.3 Å². The molecule has 19 heavy (non-hydrogen) atoms. The van der Waals surface area contributed by atoms with Crippen LogP contribution in [0.2, 0.25) is 0 Å². The highest BCUT2D eigenvalue weighted by molar-refractivity contribution is 5.79. The van der Waals surface area contributed by atoms with Crippen LogP contribution >= 0.6 is 0 Å². The molecular weight excluding hydrogens is 244 g/mol. The van der Waals surface area contributed by atoms with Gasteiger partial charge in [-0.2, -0.15) is 0 Å². The third-order valence-corrected chi connectivity index (χ3v) is 3.36. The van der Waals surface area contributed by atoms with Crippen molar-refractivity contribution in [3.8, 4) is 0 Å². The number of amides is 1. The van der Waals surface area contributed by atoms with E-state index in [4.69, 9.17) is 10.8 Å². The summed E-state index contributed by atoms with van der Waals surface area (Å²) in [6.07, 6.45) is 2.60. The Kier molecular flexibility index (Phi) is 8.39. The summed E-state index contributed by atoms with van der Waals surface area (Å²) < 4.78 is 0. The zero-order chi connectivity index (χ0) is 15.0. The predicted molar refractivity (Wildman–Crippen MR) is 75.6 cm³/mol. The molecule has 0 aliphatic heterocycles. The van der Waals surface area contributed by atoms with E-state index in [9.17, 15) is 9.59 Å². The van der Waals surface area contributed by atoms with Crippen molar-refractivity contribution in [2.24, 2.45) is 23.5 Å². The molecule has 0 aromatic rings. The molecule has 0 aromatic carbocycles. The largest absolute Gasteiger partial charge is 0.481 e. The van der Waals surface area contributed by atoms with Crippen molar-refractivity contribution in [2.45, 2.75) is 53.0 Å². The van der Waals surface area contributed by atoms with Gasteiger partial charge < -0.3 is 16.2 Å². The molecule has 5 heteroatoms. The highest BCUT2D eigenvalue weighted by Crippen LogP contribution is 2.12. The van der Waals surface area contributed by atoms with Gasteiger partial charge in [0.1, 0.15) is 0 Å². The van der Waals surface area contributed by atoms with E-state index in [1.54, 1.807) is 0 Å². The van der Waals surface area contributed by atoms with E-state index in [0.29, 0.717) is 0 Å². The zero-order valence-electron chi connectivity index (χ0n) is 12.5. The van der Waals surface area contributed by atoms with Crippen LogP contribution in [0.5, 0.6) is 0 Å². The number of nitrogens with two attached hydrogens (primary N) is 1. The standard InChI is InChI=1S/C14H28N2O3/c1-9(2)12(14(18)19)8-16-13(17)10(3)6-5-7-11(4)15/h9-12H,5-8,15H2,1-4H3,(H,16,17)(H,18,19). The first-order valence-corrected chi connectivity index (χ1v) is 7.01. The molecule has 0 bridgehead atoms. The van der Waals surface area contributed by atoms with Crippen LogP contribution in [0.25, 0.3) is 0 Å². The molecule has 0 saturated carbocycles. The van der Waals surface area contributed by atoms with Crippen molar-refractivity contribution in [1.82, 2.24) is 5.32 Å². The molecule has 1 amide bonds. The molecule has 0 heterocycles. The minimum Gasteiger partial charge on any atom is -0.481 e. The van der Waals surface area contributed by atoms with Crippen molar-refractivity contribution in [3.05, 3.63) is 0 Å². The smallest absolute Gasteiger partial charge is 0.308 e. The lowest BCUT2D eigenvalue weighted by atomic mass is 9.95. The van der Waals surface area contributed by atoms with Crippen molar-refractivity contribution >= 4 is 11.9 Å². The first kappa shape index (κ1) is 17.9. The fourth-order valence-electron chi connectivity index (χ4n) is 1.87. The number of hydrogen-bond acceptors (Lipinski definition) is 3. The van der Waals surface area contributed by atoms with Gasteiger partial charge in [-0.05, 0) is 25.7 Å². The van der Waals surface area contributed by atoms with E-state index in [1.165, 1.54) is 0 Å². The van der Waals surface area contributed by atoms with Crippen LogP contribution in [-0.4, -0.2) is 29.6 Å². The molecule has 3 unspecified atom stereocenters. The summed E-state index contributed by atoms with van der Waals surface area (Å²) in [5.41, 5.74) is 5.65. The average Bonchev–Trinajstić information content (AvgIpc) is 2.27. The number of carbonyl (C=O) groups excluding carboxylic acids is 1. The van der Waals surface area contributed by atoms with E-state index < -0.39 is 11.9 Å². The minimum absolute atomic E-state index is 0.00574. The summed E-state index contributed by atoms with van der Waals surface area (Å²) in [6, 6.07) is 0.160. The Labute approximate surface area is 115 Å². The van der Waals surface area contributed by atoms with Gasteiger partial charge >= 0.3 is 5.97 Å². The molecule has 0 saturated heterocycles. The van der Waals surface area contributed by atoms with E-state index in [1.807, 2.05) is 27.7 Å². The van der Waals surface area contributed by atoms with Crippen molar-refractivity contribution in [3.63, 3.8) is 0 Å². The molecule has 112 valence electrons. The Balaban J connectivity index is 4.04. The summed E-state index contributed by atoms with van der Waals surface area (Å²) >= 11 is 0. The molecular formula is C14H28N2O3. The summed E-state index contributed by atoms with van der Waals surface area (Å²) in [5.74, 6) is -1.55. The number of hydrogen-bond donors (Lipinski definition) is 3. The van der Waals surface area contributed by atoms with Crippen molar-refractivity contribution in [2.75, 3.05) is 6.54 Å². The highest BCUT2D eigenvalue weighted by Gasteiger charge is 2.23. The number of carboxylic acids is 1. The van der Waals surface area contributed by atoms with Crippen molar-refractivity contribution < 1.29 is 14.7 Å². The maximum atomic E-state index is 11.8. The third-order valence-electron chi connectivity index (χ3n) is 3.36. The average molecular weight is 272 g/mol. The maximum Gasteiger partial charge on any atom is 0.308 e. The molecule has 0 aliphatic rings. The number of carboxylic acid groups (broad SMARTS) is 1. The summed E-state index contributed by atoms with van der Waals surface area (Å²) in [6.45, 7) is 7.70. The Morgan fingerprint density at radius 3 is 2.16 bits per heavy atom. The van der Waals surface area contributed by atoms with Gasteiger partial charge in [-0.3, -0.25) is 9.59 Å². The van der Waals surface area contributed by atoms with Crippen LogP contribution < -0.4 is 11.1 Å². The van der Waals surface area contributed by atoms with Gasteiger partial charge in [0.15, 0.2) is 0 Å². The Morgan fingerprint density at radius 2 is 1.74 bits per heavy atom. The van der Waals surface area contributed by atoms with E-state index in [0.717, 1.165) is 19.3 Å². The second kappa shape index (κ2) is 8.91. The maximum absolute atomic E-state index is 11.8. The number of rotatable bonds is 9. The van der Waals surface area contributed by atoms with E-state index in [2.05, 4.69) is 5.32 Å². The summed E-state index contributed by atoms with van der Waals surface area (Å²) in [4.78, 5) is 22.8. The monoisotopic (exact) mass is 272 g/mol. The Morgan fingerprint density at radius 1 is 1.16 bits per heavy atom. The van der Waals surface area contributed by atoms with Gasteiger partial charge in [-0.1, -0.05) is 27.2 Å². The topological polar surface area (TPSA) is 92.4 Å². The third kappa shape index (κ3) is 7.82. The van der Waals surface area contributed by atoms with Gasteiger partial charge in [-0.15, -0.1) is 0 Å². The van der Waals surface area contributed by atoms with Crippen LogP contribution in [0.15, 0.2) is 0 Å². The van der Waals surface area contributed by atoms with Crippen molar-refractivity contribution in [1.29, 1.82) is 0 Å². The van der Waals surface area contributed by atoms with Gasteiger partial charge in [0.05, 0.1) is 5.92 Å². The fourth-order valence-corrected chi connectivity index (χ4v) is 1.87. The normalized spacial score (nSPS) is 15.9. The van der Waals surface area contributed by atoms with Crippen LogP contribution in [0, 0.1) is 17.8 Å². The summed E-state index contributed by atoms with van der Waals surface area (Å²) in [5, 5.41) is 11.8. The van der Waals surface area contributed by atoms with Gasteiger partial charge in [0.2, 0.25) is 5.91 Å². The molecule has 5 nitrogen and oxygen atoms in total. The quantitative estimate of drug-likeness (QED) is 0.594. The number of nitrogens with one attached hydrogen (secondary N) is 1. The predicted octanol–water partition coefficient (Wildman–Crippen LogP) is 1.61. The second-order valence-electron chi connectivity index (χ2n) is 5.74. The van der Waals surface area contributed by atoms with E-state index >= 15 is 0 Å².